The lowest BCUT2D eigenvalue weighted by Crippen LogP contribution is -2.27. The minimum atomic E-state index is -0.415. The van der Waals surface area contributed by atoms with Gasteiger partial charge in [-0.2, -0.15) is 0 Å². The standard InChI is InChI=1S/C10H15N3O2/c1-2-8(11)7-12-9-3-5-10(6-4-9)13(14)15/h3-6,8,12H,2,7,11H2,1H3. The molecule has 0 saturated carbocycles. The molecule has 0 amide bonds. The van der Waals surface area contributed by atoms with E-state index in [4.69, 9.17) is 5.73 Å². The van der Waals surface area contributed by atoms with Gasteiger partial charge in [0.2, 0.25) is 0 Å². The Hall–Kier alpha value is -1.62. The van der Waals surface area contributed by atoms with Crippen molar-refractivity contribution < 1.29 is 4.92 Å². The number of nitro groups is 1. The van der Waals surface area contributed by atoms with Crippen molar-refractivity contribution >= 4 is 11.4 Å². The monoisotopic (exact) mass is 209 g/mol. The number of non-ortho nitro benzene ring substituents is 1. The number of nitrogens with zero attached hydrogens (tertiary/aromatic N) is 1. The van der Waals surface area contributed by atoms with E-state index in [0.29, 0.717) is 6.54 Å². The van der Waals surface area contributed by atoms with Crippen LogP contribution in [0.1, 0.15) is 13.3 Å². The minimum Gasteiger partial charge on any atom is -0.383 e. The van der Waals surface area contributed by atoms with Crippen molar-refractivity contribution in [1.82, 2.24) is 0 Å². The molecule has 0 aliphatic rings. The molecule has 5 nitrogen and oxygen atoms in total. The Bertz CT molecular complexity index is 324. The fourth-order valence-corrected chi connectivity index (χ4v) is 1.09. The molecule has 0 aliphatic heterocycles. The highest BCUT2D eigenvalue weighted by Crippen LogP contribution is 2.15. The van der Waals surface area contributed by atoms with Crippen LogP contribution in [-0.4, -0.2) is 17.5 Å². The molecule has 0 saturated heterocycles. The van der Waals surface area contributed by atoms with E-state index >= 15 is 0 Å². The summed E-state index contributed by atoms with van der Waals surface area (Å²) in [7, 11) is 0. The van der Waals surface area contributed by atoms with E-state index in [9.17, 15) is 10.1 Å². The molecule has 82 valence electrons. The number of nitro benzene ring substituents is 1. The molecule has 1 atom stereocenters. The van der Waals surface area contributed by atoms with Crippen LogP contribution in [0.3, 0.4) is 0 Å². The maximum Gasteiger partial charge on any atom is 0.269 e. The van der Waals surface area contributed by atoms with Crippen LogP contribution in [0.4, 0.5) is 11.4 Å². The Labute approximate surface area is 88.4 Å². The van der Waals surface area contributed by atoms with E-state index in [-0.39, 0.29) is 11.7 Å². The molecule has 15 heavy (non-hydrogen) atoms. The van der Waals surface area contributed by atoms with E-state index in [1.54, 1.807) is 12.1 Å². The number of benzene rings is 1. The summed E-state index contributed by atoms with van der Waals surface area (Å²) in [5.41, 5.74) is 6.68. The summed E-state index contributed by atoms with van der Waals surface area (Å²) >= 11 is 0. The van der Waals surface area contributed by atoms with Gasteiger partial charge in [0.05, 0.1) is 4.92 Å². The lowest BCUT2D eigenvalue weighted by atomic mass is 10.2. The second kappa shape index (κ2) is 5.31. The average Bonchev–Trinajstić information content (AvgIpc) is 2.26. The Morgan fingerprint density at radius 2 is 2.07 bits per heavy atom. The molecule has 0 bridgehead atoms. The maximum atomic E-state index is 10.4. The fourth-order valence-electron chi connectivity index (χ4n) is 1.09. The van der Waals surface area contributed by atoms with Gasteiger partial charge in [-0.3, -0.25) is 10.1 Å². The van der Waals surface area contributed by atoms with Crippen LogP contribution < -0.4 is 11.1 Å². The van der Waals surface area contributed by atoms with Crippen molar-refractivity contribution in [3.63, 3.8) is 0 Å². The molecule has 0 fully saturated rings. The molecular weight excluding hydrogens is 194 g/mol. The van der Waals surface area contributed by atoms with Crippen LogP contribution in [0.5, 0.6) is 0 Å². The highest BCUT2D eigenvalue weighted by molar-refractivity contribution is 5.48. The Kier molecular flexibility index (Phi) is 4.05. The Morgan fingerprint density at radius 3 is 2.53 bits per heavy atom. The van der Waals surface area contributed by atoms with Gasteiger partial charge in [-0.1, -0.05) is 6.92 Å². The molecule has 5 heteroatoms. The van der Waals surface area contributed by atoms with Gasteiger partial charge in [0, 0.05) is 30.4 Å². The number of rotatable bonds is 5. The highest BCUT2D eigenvalue weighted by atomic mass is 16.6. The third-order valence-corrected chi connectivity index (χ3v) is 2.17. The van der Waals surface area contributed by atoms with Gasteiger partial charge in [-0.05, 0) is 18.6 Å². The molecule has 3 N–H and O–H groups in total. The third-order valence-electron chi connectivity index (χ3n) is 2.17. The van der Waals surface area contributed by atoms with Gasteiger partial charge in [0.25, 0.3) is 5.69 Å². The molecule has 1 unspecified atom stereocenters. The lowest BCUT2D eigenvalue weighted by molar-refractivity contribution is -0.384. The lowest BCUT2D eigenvalue weighted by Gasteiger charge is -2.10. The van der Waals surface area contributed by atoms with Crippen LogP contribution in [-0.2, 0) is 0 Å². The van der Waals surface area contributed by atoms with Gasteiger partial charge in [-0.15, -0.1) is 0 Å². The molecule has 1 aromatic carbocycles. The topological polar surface area (TPSA) is 81.2 Å². The first-order chi connectivity index (χ1) is 7.13. The second-order valence-corrected chi connectivity index (χ2v) is 3.35. The van der Waals surface area contributed by atoms with Crippen molar-refractivity contribution in [2.24, 2.45) is 5.73 Å². The van der Waals surface area contributed by atoms with Crippen molar-refractivity contribution in [2.45, 2.75) is 19.4 Å². The van der Waals surface area contributed by atoms with E-state index in [1.807, 2.05) is 6.92 Å². The van der Waals surface area contributed by atoms with Crippen molar-refractivity contribution in [1.29, 1.82) is 0 Å². The molecule has 0 heterocycles. The van der Waals surface area contributed by atoms with Crippen molar-refractivity contribution in [3.8, 4) is 0 Å². The Balaban J connectivity index is 2.53. The molecule has 0 spiro atoms. The summed E-state index contributed by atoms with van der Waals surface area (Å²) in [5, 5.41) is 13.5. The number of nitrogens with two attached hydrogens (primary N) is 1. The van der Waals surface area contributed by atoms with Crippen LogP contribution in [0.25, 0.3) is 0 Å². The average molecular weight is 209 g/mol. The minimum absolute atomic E-state index is 0.0975. The predicted octanol–water partition coefficient (Wildman–Crippen LogP) is 1.74. The van der Waals surface area contributed by atoms with Crippen LogP contribution in [0.15, 0.2) is 24.3 Å². The number of hydrogen-bond donors (Lipinski definition) is 2. The number of hydrogen-bond acceptors (Lipinski definition) is 4. The summed E-state index contributed by atoms with van der Waals surface area (Å²) in [6.07, 6.45) is 0.903. The van der Waals surface area contributed by atoms with Crippen molar-refractivity contribution in [2.75, 3.05) is 11.9 Å². The molecule has 0 aliphatic carbocycles. The third kappa shape index (κ3) is 3.55. The number of nitrogens with one attached hydrogen (secondary N) is 1. The van der Waals surface area contributed by atoms with Crippen molar-refractivity contribution in [3.05, 3.63) is 34.4 Å². The SMILES string of the molecule is CCC(N)CNc1ccc([N+](=O)[O-])cc1. The summed E-state index contributed by atoms with van der Waals surface area (Å²) in [4.78, 5) is 9.97. The molecule has 1 aromatic rings. The van der Waals surface area contributed by atoms with E-state index in [1.165, 1.54) is 12.1 Å². The zero-order valence-corrected chi connectivity index (χ0v) is 8.64. The van der Waals surface area contributed by atoms with Gasteiger partial charge in [0.15, 0.2) is 0 Å². The summed E-state index contributed by atoms with van der Waals surface area (Å²) < 4.78 is 0. The van der Waals surface area contributed by atoms with Gasteiger partial charge >= 0.3 is 0 Å². The first-order valence-electron chi connectivity index (χ1n) is 4.87. The second-order valence-electron chi connectivity index (χ2n) is 3.35. The zero-order valence-electron chi connectivity index (χ0n) is 8.64. The summed E-state index contributed by atoms with van der Waals surface area (Å²) in [6.45, 7) is 2.69. The first-order valence-corrected chi connectivity index (χ1v) is 4.87. The summed E-state index contributed by atoms with van der Waals surface area (Å²) in [5.74, 6) is 0. The number of anilines is 1. The van der Waals surface area contributed by atoms with Crippen LogP contribution in [0, 0.1) is 10.1 Å². The molecule has 0 aromatic heterocycles. The van der Waals surface area contributed by atoms with E-state index in [2.05, 4.69) is 5.32 Å². The van der Waals surface area contributed by atoms with Gasteiger partial charge in [-0.25, -0.2) is 0 Å². The van der Waals surface area contributed by atoms with Gasteiger partial charge < -0.3 is 11.1 Å². The Morgan fingerprint density at radius 1 is 1.47 bits per heavy atom. The van der Waals surface area contributed by atoms with E-state index in [0.717, 1.165) is 12.1 Å². The van der Waals surface area contributed by atoms with Gasteiger partial charge in [0.1, 0.15) is 0 Å². The van der Waals surface area contributed by atoms with Crippen LogP contribution >= 0.6 is 0 Å². The predicted molar refractivity (Wildman–Crippen MR) is 59.9 cm³/mol. The van der Waals surface area contributed by atoms with Crippen LogP contribution in [0.2, 0.25) is 0 Å². The molecular formula is C10H15N3O2. The maximum absolute atomic E-state index is 10.4. The van der Waals surface area contributed by atoms with E-state index < -0.39 is 4.92 Å². The summed E-state index contributed by atoms with van der Waals surface area (Å²) in [6, 6.07) is 6.42. The smallest absolute Gasteiger partial charge is 0.269 e. The molecule has 0 radical (unpaired) electrons. The first kappa shape index (κ1) is 11.5. The molecule has 1 rings (SSSR count). The zero-order chi connectivity index (χ0) is 11.3. The largest absolute Gasteiger partial charge is 0.383 e. The highest BCUT2D eigenvalue weighted by Gasteiger charge is 2.04. The normalized spacial score (nSPS) is 12.1. The quantitative estimate of drug-likeness (QED) is 0.571. The fraction of sp³-hybridized carbons (Fsp3) is 0.400.